The minimum Gasteiger partial charge on any atom is -0.490 e. The molecule has 0 bridgehead atoms. The lowest BCUT2D eigenvalue weighted by Gasteiger charge is -2.30. The normalized spacial score (nSPS) is 17.0. The Morgan fingerprint density at radius 1 is 1.32 bits per heavy atom. The molecule has 10 heteroatoms. The third-order valence-corrected chi connectivity index (χ3v) is 6.66. The lowest BCUT2D eigenvalue weighted by Crippen LogP contribution is -2.37. The molecule has 0 fully saturated rings. The Bertz CT molecular complexity index is 1020. The first kappa shape index (κ1) is 18.9. The molecule has 2 aromatic rings. The molecule has 0 aliphatic carbocycles. The zero-order valence-corrected chi connectivity index (χ0v) is 16.5. The lowest BCUT2D eigenvalue weighted by molar-refractivity contribution is -0.116. The number of rotatable bonds is 4. The van der Waals surface area contributed by atoms with E-state index in [4.69, 9.17) is 13.9 Å². The first-order valence-electron chi connectivity index (χ1n) is 8.91. The molecule has 9 nitrogen and oxygen atoms in total. The van der Waals surface area contributed by atoms with Gasteiger partial charge in [-0.25, -0.2) is 13.4 Å². The Hall–Kier alpha value is -2.43. The van der Waals surface area contributed by atoms with Gasteiger partial charge in [-0.3, -0.25) is 4.79 Å². The van der Waals surface area contributed by atoms with Crippen LogP contribution in [0, 0.1) is 0 Å². The number of carbonyl (C=O) groups excluding carboxylic acids is 1. The van der Waals surface area contributed by atoms with Crippen LogP contribution in [-0.2, 0) is 39.1 Å². The topological polar surface area (TPSA) is 102 Å². The quantitative estimate of drug-likeness (QED) is 0.753. The molecule has 2 aliphatic rings. The number of nitrogens with zero attached hydrogens (tertiary/aromatic N) is 3. The number of sulfonamides is 1. The first-order valence-corrected chi connectivity index (χ1v) is 10.4. The molecule has 1 aromatic carbocycles. The molecule has 28 heavy (non-hydrogen) atoms. The van der Waals surface area contributed by atoms with Gasteiger partial charge in [0, 0.05) is 27.0 Å². The van der Waals surface area contributed by atoms with Gasteiger partial charge in [0.2, 0.25) is 21.8 Å². The number of carbonyl (C=O) groups is 1. The summed E-state index contributed by atoms with van der Waals surface area (Å²) in [5.74, 6) is 1.48. The van der Waals surface area contributed by atoms with Crippen molar-refractivity contribution in [1.82, 2.24) is 9.29 Å². The SMILES string of the molecule is COCc1nc2c(o1)CCN(S(=O)(=O)c1ccc3c(c1)N(C(C)=O)CCO3)C2. The summed E-state index contributed by atoms with van der Waals surface area (Å²) in [6, 6.07) is 4.60. The average Bonchev–Trinajstić information content (AvgIpc) is 3.08. The van der Waals surface area contributed by atoms with Gasteiger partial charge in [0.1, 0.15) is 24.7 Å². The van der Waals surface area contributed by atoms with E-state index in [1.165, 1.54) is 28.3 Å². The highest BCUT2D eigenvalue weighted by Crippen LogP contribution is 2.35. The third-order valence-electron chi connectivity index (χ3n) is 4.82. The van der Waals surface area contributed by atoms with Gasteiger partial charge in [-0.05, 0) is 18.2 Å². The Balaban J connectivity index is 1.64. The Morgan fingerprint density at radius 2 is 2.14 bits per heavy atom. The molecule has 150 valence electrons. The molecule has 2 aliphatic heterocycles. The highest BCUT2D eigenvalue weighted by Gasteiger charge is 2.33. The van der Waals surface area contributed by atoms with Crippen LogP contribution in [0.1, 0.15) is 24.3 Å². The van der Waals surface area contributed by atoms with Crippen LogP contribution in [0.5, 0.6) is 5.75 Å². The largest absolute Gasteiger partial charge is 0.490 e. The summed E-state index contributed by atoms with van der Waals surface area (Å²) in [6.07, 6.45) is 0.443. The van der Waals surface area contributed by atoms with Gasteiger partial charge < -0.3 is 18.8 Å². The van der Waals surface area contributed by atoms with Crippen molar-refractivity contribution in [2.24, 2.45) is 0 Å². The van der Waals surface area contributed by atoms with Gasteiger partial charge in [0.05, 0.1) is 29.4 Å². The van der Waals surface area contributed by atoms with E-state index >= 15 is 0 Å². The van der Waals surface area contributed by atoms with Crippen LogP contribution in [0.15, 0.2) is 27.5 Å². The van der Waals surface area contributed by atoms with Crippen LogP contribution < -0.4 is 9.64 Å². The number of anilines is 1. The average molecular weight is 407 g/mol. The molecule has 0 radical (unpaired) electrons. The smallest absolute Gasteiger partial charge is 0.243 e. The fourth-order valence-corrected chi connectivity index (χ4v) is 4.88. The summed E-state index contributed by atoms with van der Waals surface area (Å²) >= 11 is 0. The zero-order valence-electron chi connectivity index (χ0n) is 15.7. The molecule has 1 amide bonds. The van der Waals surface area contributed by atoms with Crippen LogP contribution in [0.25, 0.3) is 0 Å². The maximum absolute atomic E-state index is 13.2. The van der Waals surface area contributed by atoms with Crippen molar-refractivity contribution in [2.75, 3.05) is 31.7 Å². The summed E-state index contributed by atoms with van der Waals surface area (Å²) in [5, 5.41) is 0. The second-order valence-corrected chi connectivity index (χ2v) is 8.59. The number of methoxy groups -OCH3 is 1. The van der Waals surface area contributed by atoms with E-state index in [0.29, 0.717) is 54.9 Å². The minimum absolute atomic E-state index is 0.118. The molecule has 0 atom stereocenters. The molecule has 0 saturated heterocycles. The maximum Gasteiger partial charge on any atom is 0.243 e. The Morgan fingerprint density at radius 3 is 2.89 bits per heavy atom. The van der Waals surface area contributed by atoms with Crippen molar-refractivity contribution in [1.29, 1.82) is 0 Å². The van der Waals surface area contributed by atoms with Crippen LogP contribution in [-0.4, -0.2) is 50.4 Å². The van der Waals surface area contributed by atoms with Crippen LogP contribution >= 0.6 is 0 Å². The number of ether oxygens (including phenoxy) is 2. The van der Waals surface area contributed by atoms with Crippen molar-refractivity contribution < 1.29 is 27.1 Å². The highest BCUT2D eigenvalue weighted by atomic mass is 32.2. The van der Waals surface area contributed by atoms with E-state index in [-0.39, 0.29) is 24.0 Å². The number of hydrogen-bond acceptors (Lipinski definition) is 7. The Labute approximate surface area is 162 Å². The first-order chi connectivity index (χ1) is 13.4. The molecule has 0 N–H and O–H groups in total. The lowest BCUT2D eigenvalue weighted by atomic mass is 10.2. The second kappa shape index (κ2) is 7.19. The third kappa shape index (κ3) is 3.27. The molecule has 0 unspecified atom stereocenters. The summed E-state index contributed by atoms with van der Waals surface area (Å²) in [4.78, 5) is 17.9. The van der Waals surface area contributed by atoms with E-state index in [1.54, 1.807) is 13.2 Å². The fourth-order valence-electron chi connectivity index (χ4n) is 3.45. The summed E-state index contributed by atoms with van der Waals surface area (Å²) in [7, 11) is -2.22. The number of hydrogen-bond donors (Lipinski definition) is 0. The zero-order chi connectivity index (χ0) is 19.9. The molecule has 0 saturated carbocycles. The summed E-state index contributed by atoms with van der Waals surface area (Å²) in [6.45, 7) is 2.88. The van der Waals surface area contributed by atoms with Crippen molar-refractivity contribution in [2.45, 2.75) is 31.4 Å². The van der Waals surface area contributed by atoms with Crippen LogP contribution in [0.2, 0.25) is 0 Å². The van der Waals surface area contributed by atoms with Crippen molar-refractivity contribution in [3.05, 3.63) is 35.5 Å². The molecule has 1 aromatic heterocycles. The predicted octanol–water partition coefficient (Wildman–Crippen LogP) is 1.31. The highest BCUT2D eigenvalue weighted by molar-refractivity contribution is 7.89. The van der Waals surface area contributed by atoms with E-state index in [2.05, 4.69) is 4.98 Å². The van der Waals surface area contributed by atoms with Gasteiger partial charge >= 0.3 is 0 Å². The van der Waals surface area contributed by atoms with Gasteiger partial charge in [0.25, 0.3) is 0 Å². The number of benzene rings is 1. The molecular weight excluding hydrogens is 386 g/mol. The molecular formula is C18H21N3O6S. The predicted molar refractivity (Wildman–Crippen MR) is 98.5 cm³/mol. The number of fused-ring (bicyclic) bond motifs is 2. The summed E-state index contributed by atoms with van der Waals surface area (Å²) < 4.78 is 43.9. The van der Waals surface area contributed by atoms with Crippen molar-refractivity contribution in [3.8, 4) is 5.75 Å². The fraction of sp³-hybridized carbons (Fsp3) is 0.444. The van der Waals surface area contributed by atoms with Gasteiger partial charge in [-0.15, -0.1) is 0 Å². The summed E-state index contributed by atoms with van der Waals surface area (Å²) in [5.41, 5.74) is 1.08. The standard InChI is InChI=1S/C18H21N3O6S/c1-12(22)21-7-8-26-17-4-3-13(9-15(17)21)28(23,24)20-6-5-16-14(10-20)19-18(27-16)11-25-2/h3-4,9H,5-8,10-11H2,1-2H3. The van der Waals surface area contributed by atoms with Gasteiger partial charge in [0.15, 0.2) is 0 Å². The monoisotopic (exact) mass is 407 g/mol. The number of oxazole rings is 1. The van der Waals surface area contributed by atoms with Crippen LogP contribution in [0.4, 0.5) is 5.69 Å². The molecule has 4 rings (SSSR count). The maximum atomic E-state index is 13.2. The molecule has 0 spiro atoms. The number of amides is 1. The van der Waals surface area contributed by atoms with Crippen molar-refractivity contribution >= 4 is 21.6 Å². The Kier molecular flexibility index (Phi) is 4.86. The second-order valence-electron chi connectivity index (χ2n) is 6.65. The van der Waals surface area contributed by atoms with E-state index in [1.807, 2.05) is 0 Å². The molecule has 3 heterocycles. The van der Waals surface area contributed by atoms with Gasteiger partial charge in [-0.2, -0.15) is 4.31 Å². The number of aromatic nitrogens is 1. The van der Waals surface area contributed by atoms with E-state index in [9.17, 15) is 13.2 Å². The van der Waals surface area contributed by atoms with E-state index < -0.39 is 10.0 Å². The van der Waals surface area contributed by atoms with E-state index in [0.717, 1.165) is 0 Å². The minimum atomic E-state index is -3.76. The van der Waals surface area contributed by atoms with Gasteiger partial charge in [-0.1, -0.05) is 0 Å². The van der Waals surface area contributed by atoms with Crippen molar-refractivity contribution in [3.63, 3.8) is 0 Å². The van der Waals surface area contributed by atoms with Crippen LogP contribution in [0.3, 0.4) is 0 Å².